The van der Waals surface area contributed by atoms with E-state index < -0.39 is 10.0 Å². The molecule has 1 N–H and O–H groups in total. The zero-order valence-corrected chi connectivity index (χ0v) is 21.2. The molecule has 34 heavy (non-hydrogen) atoms. The molecule has 2 aromatic rings. The van der Waals surface area contributed by atoms with Crippen molar-refractivity contribution < 1.29 is 17.9 Å². The third-order valence-corrected chi connectivity index (χ3v) is 7.23. The average molecular weight is 504 g/mol. The topological polar surface area (TPSA) is 79.0 Å². The number of amides is 1. The number of sulfonamides is 1. The van der Waals surface area contributed by atoms with E-state index in [0.29, 0.717) is 35.9 Å². The van der Waals surface area contributed by atoms with Crippen molar-refractivity contribution >= 4 is 33.2 Å². The normalized spacial score (nSPS) is 15.6. The minimum Gasteiger partial charge on any atom is -0.499 e. The summed E-state index contributed by atoms with van der Waals surface area (Å²) >= 11 is 5.87. The molecule has 0 aromatic heterocycles. The second kappa shape index (κ2) is 11.4. The molecule has 1 saturated heterocycles. The first-order valence-corrected chi connectivity index (χ1v) is 12.9. The van der Waals surface area contributed by atoms with Crippen LogP contribution in [0.2, 0.25) is 5.02 Å². The Bertz CT molecular complexity index is 1180. The molecule has 0 spiro atoms. The van der Waals surface area contributed by atoms with Crippen molar-refractivity contribution in [3.05, 3.63) is 82.7 Å². The van der Waals surface area contributed by atoms with Crippen LogP contribution in [0.25, 0.3) is 0 Å². The summed E-state index contributed by atoms with van der Waals surface area (Å²) in [6, 6.07) is 12.5. The summed E-state index contributed by atoms with van der Waals surface area (Å²) < 4.78 is 33.7. The Morgan fingerprint density at radius 1 is 1.06 bits per heavy atom. The smallest absolute Gasteiger partial charge is 0.261 e. The maximum absolute atomic E-state index is 13.2. The molecule has 1 heterocycles. The lowest BCUT2D eigenvalue weighted by Gasteiger charge is -2.26. The molecule has 0 aliphatic carbocycles. The number of halogens is 1. The fourth-order valence-corrected chi connectivity index (χ4v) is 5.01. The van der Waals surface area contributed by atoms with Gasteiger partial charge in [0.25, 0.3) is 15.9 Å². The molecule has 0 saturated carbocycles. The largest absolute Gasteiger partial charge is 0.499 e. The number of hydrogen-bond acceptors (Lipinski definition) is 5. The van der Waals surface area contributed by atoms with E-state index in [0.717, 1.165) is 24.4 Å². The van der Waals surface area contributed by atoms with E-state index in [1.165, 1.54) is 12.1 Å². The zero-order valence-electron chi connectivity index (χ0n) is 19.6. The molecule has 9 heteroatoms. The van der Waals surface area contributed by atoms with Gasteiger partial charge in [0.2, 0.25) is 0 Å². The molecule has 0 radical (unpaired) electrons. The summed E-state index contributed by atoms with van der Waals surface area (Å²) in [6.07, 6.45) is 4.77. The van der Waals surface area contributed by atoms with Gasteiger partial charge in [0, 0.05) is 42.5 Å². The van der Waals surface area contributed by atoms with Crippen molar-refractivity contribution in [2.45, 2.75) is 25.2 Å². The van der Waals surface area contributed by atoms with E-state index in [1.54, 1.807) is 48.4 Å². The lowest BCUT2D eigenvalue weighted by Crippen LogP contribution is -2.35. The van der Waals surface area contributed by atoms with Crippen LogP contribution >= 0.6 is 11.6 Å². The Hall–Kier alpha value is -2.97. The van der Waals surface area contributed by atoms with Gasteiger partial charge < -0.3 is 14.5 Å². The molecule has 182 valence electrons. The highest BCUT2D eigenvalue weighted by Crippen LogP contribution is 2.21. The Labute approximate surface area is 206 Å². The van der Waals surface area contributed by atoms with Crippen molar-refractivity contribution in [2.24, 2.45) is 0 Å². The van der Waals surface area contributed by atoms with Gasteiger partial charge in [0.05, 0.1) is 17.7 Å². The highest BCUT2D eigenvalue weighted by Gasteiger charge is 2.23. The van der Waals surface area contributed by atoms with Crippen LogP contribution in [0.15, 0.2) is 77.0 Å². The van der Waals surface area contributed by atoms with Crippen LogP contribution in [0.1, 0.15) is 30.6 Å². The number of rotatable bonds is 7. The van der Waals surface area contributed by atoms with Gasteiger partial charge >= 0.3 is 0 Å². The average Bonchev–Trinajstić information content (AvgIpc) is 3.09. The number of benzene rings is 2. The number of carbonyl (C=O) groups excluding carboxylic acids is 1. The first-order valence-electron chi connectivity index (χ1n) is 11.1. The summed E-state index contributed by atoms with van der Waals surface area (Å²) in [7, 11) is -2.21. The van der Waals surface area contributed by atoms with Gasteiger partial charge in [-0.15, -0.1) is 0 Å². The van der Waals surface area contributed by atoms with Crippen LogP contribution in [-0.4, -0.2) is 57.4 Å². The second-order valence-corrected chi connectivity index (χ2v) is 10.0. The fraction of sp³-hybridized carbons (Fsp3) is 0.320. The molecule has 1 fully saturated rings. The van der Waals surface area contributed by atoms with Crippen molar-refractivity contribution in [2.75, 3.05) is 38.0 Å². The number of methoxy groups -OCH3 is 1. The van der Waals surface area contributed by atoms with Crippen molar-refractivity contribution in [3.63, 3.8) is 0 Å². The second-order valence-electron chi connectivity index (χ2n) is 7.92. The molecular formula is C25H30ClN3O4S. The van der Waals surface area contributed by atoms with Gasteiger partial charge in [0.1, 0.15) is 5.76 Å². The van der Waals surface area contributed by atoms with Crippen molar-refractivity contribution in [3.8, 4) is 0 Å². The number of allylic oxidation sites excluding steroid dienone is 3. The van der Waals surface area contributed by atoms with E-state index in [4.69, 9.17) is 16.3 Å². The minimum absolute atomic E-state index is 0.0266. The van der Waals surface area contributed by atoms with Crippen molar-refractivity contribution in [1.82, 2.24) is 9.80 Å². The predicted molar refractivity (Wildman–Crippen MR) is 135 cm³/mol. The maximum atomic E-state index is 13.2. The summed E-state index contributed by atoms with van der Waals surface area (Å²) in [6.45, 7) is 6.44. The Morgan fingerprint density at radius 2 is 1.74 bits per heavy atom. The Balaban J connectivity index is 1.75. The molecule has 0 bridgehead atoms. The van der Waals surface area contributed by atoms with E-state index in [9.17, 15) is 13.2 Å². The van der Waals surface area contributed by atoms with Gasteiger partial charge in [-0.05, 0) is 68.8 Å². The van der Waals surface area contributed by atoms with Crippen LogP contribution in [0.3, 0.4) is 0 Å². The number of ether oxygens (including phenoxy) is 1. The van der Waals surface area contributed by atoms with Gasteiger partial charge in [-0.25, -0.2) is 8.42 Å². The van der Waals surface area contributed by atoms with E-state index in [-0.39, 0.29) is 10.8 Å². The fourth-order valence-electron chi connectivity index (χ4n) is 3.78. The molecule has 0 atom stereocenters. The summed E-state index contributed by atoms with van der Waals surface area (Å²) in [5.74, 6) is 0.634. The lowest BCUT2D eigenvalue weighted by atomic mass is 10.2. The standard InChI is InChI=1S/C25H30ClN3O4S/c1-4-7-24(19(2)33-3)28-14-6-15-29(17-16-28)25(30)20-8-5-9-23(18-20)34(31,32)27-22-12-10-21(26)11-13-22/h4-5,7-13,18,27H,6,14-17H2,1-3H3/b7-4-,24-19-. The van der Waals surface area contributed by atoms with Gasteiger partial charge in [-0.1, -0.05) is 23.7 Å². The molecule has 1 aliphatic heterocycles. The number of nitrogens with one attached hydrogen (secondary N) is 1. The first kappa shape index (κ1) is 25.6. The van der Waals surface area contributed by atoms with E-state index >= 15 is 0 Å². The van der Waals surface area contributed by atoms with Gasteiger partial charge in [-0.3, -0.25) is 9.52 Å². The highest BCUT2D eigenvalue weighted by molar-refractivity contribution is 7.92. The summed E-state index contributed by atoms with van der Waals surface area (Å²) in [5, 5.41) is 0.511. The molecule has 2 aromatic carbocycles. The SMILES string of the molecule is C/C=C\C(=C(/C)OC)N1CCCN(C(=O)c2cccc(S(=O)(=O)Nc3ccc(Cl)cc3)c2)CC1. The molecule has 3 rings (SSSR count). The number of carbonyl (C=O) groups is 1. The maximum Gasteiger partial charge on any atom is 0.261 e. The van der Waals surface area contributed by atoms with Gasteiger partial charge in [-0.2, -0.15) is 0 Å². The van der Waals surface area contributed by atoms with E-state index in [1.807, 2.05) is 26.0 Å². The van der Waals surface area contributed by atoms with Crippen LogP contribution in [0, 0.1) is 0 Å². The lowest BCUT2D eigenvalue weighted by molar-refractivity contribution is 0.0762. The molecule has 1 amide bonds. The van der Waals surface area contributed by atoms with Crippen LogP contribution in [-0.2, 0) is 14.8 Å². The Morgan fingerprint density at radius 3 is 2.41 bits per heavy atom. The van der Waals surface area contributed by atoms with Crippen LogP contribution in [0.5, 0.6) is 0 Å². The molecule has 7 nitrogen and oxygen atoms in total. The minimum atomic E-state index is -3.86. The zero-order chi connectivity index (χ0) is 24.7. The monoisotopic (exact) mass is 503 g/mol. The predicted octanol–water partition coefficient (Wildman–Crippen LogP) is 4.74. The summed E-state index contributed by atoms with van der Waals surface area (Å²) in [5.41, 5.74) is 1.73. The first-order chi connectivity index (χ1) is 16.2. The third kappa shape index (κ3) is 6.33. The Kier molecular flexibility index (Phi) is 8.63. The third-order valence-electron chi connectivity index (χ3n) is 5.60. The molecular weight excluding hydrogens is 474 g/mol. The van der Waals surface area contributed by atoms with Crippen LogP contribution < -0.4 is 4.72 Å². The van der Waals surface area contributed by atoms with Gasteiger partial charge in [0.15, 0.2) is 0 Å². The summed E-state index contributed by atoms with van der Waals surface area (Å²) in [4.78, 5) is 17.3. The van der Waals surface area contributed by atoms with Crippen molar-refractivity contribution in [1.29, 1.82) is 0 Å². The number of nitrogens with zero attached hydrogens (tertiary/aromatic N) is 2. The van der Waals surface area contributed by atoms with E-state index in [2.05, 4.69) is 9.62 Å². The molecule has 0 unspecified atom stereocenters. The quantitative estimate of drug-likeness (QED) is 0.436. The van der Waals surface area contributed by atoms with Crippen LogP contribution in [0.4, 0.5) is 5.69 Å². The molecule has 1 aliphatic rings. The number of anilines is 1. The highest BCUT2D eigenvalue weighted by atomic mass is 35.5. The number of hydrogen-bond donors (Lipinski definition) is 1.